The van der Waals surface area contributed by atoms with E-state index in [0.29, 0.717) is 18.2 Å². The molecule has 0 bridgehead atoms. The van der Waals surface area contributed by atoms with Gasteiger partial charge < -0.3 is 5.73 Å². The Morgan fingerprint density at radius 2 is 1.65 bits per heavy atom. The number of nitrogens with two attached hydrogens (primary N) is 1. The normalized spacial score (nSPS) is 22.2. The molecule has 0 aromatic heterocycles. The van der Waals surface area contributed by atoms with E-state index < -0.39 is 0 Å². The number of ketones is 1. The monoisotopic (exact) mass is 265 g/mol. The van der Waals surface area contributed by atoms with Crippen molar-refractivity contribution in [2.45, 2.75) is 18.3 Å². The molecule has 2 heteroatoms. The minimum atomic E-state index is -0.157. The fourth-order valence-corrected chi connectivity index (χ4v) is 2.94. The molecule has 102 valence electrons. The highest BCUT2D eigenvalue weighted by molar-refractivity contribution is 5.91. The maximum absolute atomic E-state index is 12.6. The highest BCUT2D eigenvalue weighted by Gasteiger charge is 2.45. The van der Waals surface area contributed by atoms with Crippen molar-refractivity contribution in [1.29, 1.82) is 0 Å². The molecular formula is C18H19NO. The van der Waals surface area contributed by atoms with E-state index in [1.807, 2.05) is 48.5 Å². The Bertz CT molecular complexity index is 579. The van der Waals surface area contributed by atoms with Gasteiger partial charge in [-0.2, -0.15) is 0 Å². The fourth-order valence-electron chi connectivity index (χ4n) is 2.94. The quantitative estimate of drug-likeness (QED) is 0.902. The Morgan fingerprint density at radius 1 is 1.05 bits per heavy atom. The number of carbonyl (C=O) groups excluding carboxylic acids is 1. The van der Waals surface area contributed by atoms with Gasteiger partial charge in [-0.1, -0.05) is 60.7 Å². The van der Waals surface area contributed by atoms with Gasteiger partial charge in [-0.15, -0.1) is 0 Å². The Morgan fingerprint density at radius 3 is 2.25 bits per heavy atom. The first-order valence-electron chi connectivity index (χ1n) is 7.15. The fraction of sp³-hybridized carbons (Fsp3) is 0.278. The van der Waals surface area contributed by atoms with Crippen LogP contribution in [0, 0.1) is 5.92 Å². The summed E-state index contributed by atoms with van der Waals surface area (Å²) in [6.07, 6.45) is 0.964. The molecule has 2 N–H and O–H groups in total. The molecule has 3 atom stereocenters. The Balaban J connectivity index is 1.74. The summed E-state index contributed by atoms with van der Waals surface area (Å²) >= 11 is 0. The Kier molecular flexibility index (Phi) is 3.66. The van der Waals surface area contributed by atoms with Gasteiger partial charge in [0.2, 0.25) is 0 Å². The van der Waals surface area contributed by atoms with Crippen LogP contribution < -0.4 is 5.73 Å². The summed E-state index contributed by atoms with van der Waals surface area (Å²) in [5, 5.41) is 0. The molecule has 2 aromatic carbocycles. The van der Waals surface area contributed by atoms with Crippen LogP contribution in [0.15, 0.2) is 60.7 Å². The van der Waals surface area contributed by atoms with E-state index in [2.05, 4.69) is 12.1 Å². The molecule has 0 radical (unpaired) electrons. The van der Waals surface area contributed by atoms with Crippen LogP contribution in [0.1, 0.15) is 29.4 Å². The first-order valence-corrected chi connectivity index (χ1v) is 7.15. The summed E-state index contributed by atoms with van der Waals surface area (Å²) in [5.74, 6) is 0.676. The van der Waals surface area contributed by atoms with Gasteiger partial charge in [-0.05, 0) is 23.5 Å². The van der Waals surface area contributed by atoms with Crippen molar-refractivity contribution < 1.29 is 4.79 Å². The smallest absolute Gasteiger partial charge is 0.145 e. The molecule has 1 saturated carbocycles. The molecule has 1 aliphatic rings. The van der Waals surface area contributed by atoms with E-state index in [0.717, 1.165) is 12.0 Å². The number of carbonyl (C=O) groups is 1. The van der Waals surface area contributed by atoms with Gasteiger partial charge in [0.15, 0.2) is 0 Å². The van der Waals surface area contributed by atoms with Crippen molar-refractivity contribution in [3.63, 3.8) is 0 Å². The van der Waals surface area contributed by atoms with Crippen molar-refractivity contribution >= 4 is 5.78 Å². The van der Waals surface area contributed by atoms with E-state index in [1.54, 1.807) is 0 Å². The van der Waals surface area contributed by atoms with Crippen LogP contribution in [0.2, 0.25) is 0 Å². The van der Waals surface area contributed by atoms with Crippen LogP contribution in [0.4, 0.5) is 0 Å². The third kappa shape index (κ3) is 2.52. The predicted octanol–water partition coefficient (Wildman–Crippen LogP) is 3.10. The van der Waals surface area contributed by atoms with Gasteiger partial charge in [0.05, 0.1) is 5.92 Å². The lowest BCUT2D eigenvalue weighted by atomic mass is 9.91. The average Bonchev–Trinajstić information content (AvgIpc) is 3.30. The number of Topliss-reactive ketones (excluding diaryl/α,β-unsaturated/α-hetero) is 1. The third-order valence-corrected chi connectivity index (χ3v) is 4.16. The van der Waals surface area contributed by atoms with E-state index in [4.69, 9.17) is 5.73 Å². The second-order valence-electron chi connectivity index (χ2n) is 5.46. The second kappa shape index (κ2) is 5.59. The van der Waals surface area contributed by atoms with Gasteiger partial charge >= 0.3 is 0 Å². The Labute approximate surface area is 119 Å². The van der Waals surface area contributed by atoms with Crippen LogP contribution in [0.5, 0.6) is 0 Å². The molecular weight excluding hydrogens is 246 g/mol. The molecule has 3 unspecified atom stereocenters. The van der Waals surface area contributed by atoms with E-state index >= 15 is 0 Å². The summed E-state index contributed by atoms with van der Waals surface area (Å²) < 4.78 is 0. The molecule has 0 amide bonds. The third-order valence-electron chi connectivity index (χ3n) is 4.16. The zero-order valence-electron chi connectivity index (χ0n) is 11.4. The first kappa shape index (κ1) is 13.1. The van der Waals surface area contributed by atoms with Crippen molar-refractivity contribution in [2.75, 3.05) is 6.54 Å². The maximum atomic E-state index is 12.6. The molecule has 0 spiro atoms. The summed E-state index contributed by atoms with van der Waals surface area (Å²) in [6.45, 7) is 0.390. The Hall–Kier alpha value is -1.93. The second-order valence-corrected chi connectivity index (χ2v) is 5.46. The molecule has 2 aromatic rings. The van der Waals surface area contributed by atoms with E-state index in [9.17, 15) is 4.79 Å². The zero-order valence-corrected chi connectivity index (χ0v) is 11.4. The van der Waals surface area contributed by atoms with Gasteiger partial charge in [0.25, 0.3) is 0 Å². The van der Waals surface area contributed by atoms with Crippen LogP contribution in [0.3, 0.4) is 0 Å². The molecule has 20 heavy (non-hydrogen) atoms. The summed E-state index contributed by atoms with van der Waals surface area (Å²) in [5.41, 5.74) is 8.15. The standard InChI is InChI=1S/C18H19NO/c19-12-17(14-9-5-2-6-10-14)18(20)16-11-15(16)13-7-3-1-4-8-13/h1-10,15-17H,11-12,19H2. The predicted molar refractivity (Wildman–Crippen MR) is 80.5 cm³/mol. The average molecular weight is 265 g/mol. The minimum Gasteiger partial charge on any atom is -0.329 e. The molecule has 0 heterocycles. The minimum absolute atomic E-state index is 0.145. The first-order chi connectivity index (χ1) is 9.81. The highest BCUT2D eigenvalue weighted by atomic mass is 16.1. The molecule has 0 aliphatic heterocycles. The molecule has 3 rings (SSSR count). The van der Waals surface area contributed by atoms with E-state index in [1.165, 1.54) is 5.56 Å². The summed E-state index contributed by atoms with van der Waals surface area (Å²) in [6, 6.07) is 20.2. The molecule has 0 saturated heterocycles. The lowest BCUT2D eigenvalue weighted by Gasteiger charge is -2.14. The van der Waals surface area contributed by atoms with Gasteiger partial charge in [-0.3, -0.25) is 4.79 Å². The van der Waals surface area contributed by atoms with Gasteiger partial charge in [-0.25, -0.2) is 0 Å². The van der Waals surface area contributed by atoms with Crippen LogP contribution in [0.25, 0.3) is 0 Å². The van der Waals surface area contributed by atoms with Crippen LogP contribution in [-0.2, 0) is 4.79 Å². The van der Waals surface area contributed by atoms with E-state index in [-0.39, 0.29) is 11.8 Å². The summed E-state index contributed by atoms with van der Waals surface area (Å²) in [4.78, 5) is 12.6. The van der Waals surface area contributed by atoms with Crippen LogP contribution in [-0.4, -0.2) is 12.3 Å². The number of rotatable bonds is 5. The number of hydrogen-bond donors (Lipinski definition) is 1. The molecule has 1 aliphatic carbocycles. The van der Waals surface area contributed by atoms with Crippen molar-refractivity contribution in [3.8, 4) is 0 Å². The lowest BCUT2D eigenvalue weighted by molar-refractivity contribution is -0.121. The molecule has 1 fully saturated rings. The SMILES string of the molecule is NCC(C(=O)C1CC1c1ccccc1)c1ccccc1. The number of hydrogen-bond acceptors (Lipinski definition) is 2. The van der Waals surface area contributed by atoms with Crippen molar-refractivity contribution in [3.05, 3.63) is 71.8 Å². The molecule has 2 nitrogen and oxygen atoms in total. The van der Waals surface area contributed by atoms with Gasteiger partial charge in [0, 0.05) is 12.5 Å². The zero-order chi connectivity index (χ0) is 13.9. The lowest BCUT2D eigenvalue weighted by Crippen LogP contribution is -2.23. The topological polar surface area (TPSA) is 43.1 Å². The van der Waals surface area contributed by atoms with Crippen molar-refractivity contribution in [2.24, 2.45) is 11.7 Å². The summed E-state index contributed by atoms with van der Waals surface area (Å²) in [7, 11) is 0. The number of benzene rings is 2. The van der Waals surface area contributed by atoms with Crippen LogP contribution >= 0.6 is 0 Å². The largest absolute Gasteiger partial charge is 0.329 e. The highest BCUT2D eigenvalue weighted by Crippen LogP contribution is 2.49. The van der Waals surface area contributed by atoms with Crippen molar-refractivity contribution in [1.82, 2.24) is 0 Å². The maximum Gasteiger partial charge on any atom is 0.145 e. The van der Waals surface area contributed by atoms with Gasteiger partial charge in [0.1, 0.15) is 5.78 Å².